The predicted octanol–water partition coefficient (Wildman–Crippen LogP) is 0.432. The molecule has 2 bridgehead atoms. The lowest BCUT2D eigenvalue weighted by molar-refractivity contribution is 0.0690. The summed E-state index contributed by atoms with van der Waals surface area (Å²) in [5.41, 5.74) is 0.0332. The lowest BCUT2D eigenvalue weighted by Crippen LogP contribution is -2.39. The first-order valence-electron chi connectivity index (χ1n) is 5.63. The number of nitrogens with one attached hydrogen (secondary N) is 1. The first kappa shape index (κ1) is 9.77. The third kappa shape index (κ3) is 1.59. The minimum absolute atomic E-state index is 0.0332. The van der Waals surface area contributed by atoms with Gasteiger partial charge in [-0.2, -0.15) is 0 Å². The molecule has 0 radical (unpaired) electrons. The van der Waals surface area contributed by atoms with Gasteiger partial charge in [0.15, 0.2) is 5.69 Å². The molecule has 2 fully saturated rings. The molecule has 2 aliphatic heterocycles. The Morgan fingerprint density at radius 2 is 2.12 bits per heavy atom. The van der Waals surface area contributed by atoms with Crippen LogP contribution in [0.1, 0.15) is 42.2 Å². The summed E-state index contributed by atoms with van der Waals surface area (Å²) in [6.07, 6.45) is 6.04. The Balaban J connectivity index is 1.79. The smallest absolute Gasteiger partial charge is 0.358 e. The molecule has 2 atom stereocenters. The molecule has 6 nitrogen and oxygen atoms in total. The zero-order chi connectivity index (χ0) is 11.1. The van der Waals surface area contributed by atoms with E-state index in [0.717, 1.165) is 12.8 Å². The molecule has 0 aliphatic carbocycles. The highest BCUT2D eigenvalue weighted by molar-refractivity contribution is 5.84. The van der Waals surface area contributed by atoms with Crippen LogP contribution in [-0.2, 0) is 0 Å². The summed E-state index contributed by atoms with van der Waals surface area (Å²) in [6.45, 7) is 0. The fourth-order valence-electron chi connectivity index (χ4n) is 2.80. The fourth-order valence-corrected chi connectivity index (χ4v) is 2.80. The Bertz CT molecular complexity index is 405. The molecule has 2 aliphatic rings. The SMILES string of the molecule is O=C(O)c1cn(C2CC3CCC(C2)N3)nn1. The number of carboxylic acid groups (broad SMARTS) is 1. The van der Waals surface area contributed by atoms with E-state index in [0.29, 0.717) is 18.1 Å². The Morgan fingerprint density at radius 3 is 2.69 bits per heavy atom. The number of hydrogen-bond acceptors (Lipinski definition) is 4. The molecule has 86 valence electrons. The second kappa shape index (κ2) is 3.55. The van der Waals surface area contributed by atoms with Gasteiger partial charge in [-0.25, -0.2) is 9.48 Å². The zero-order valence-electron chi connectivity index (χ0n) is 8.83. The van der Waals surface area contributed by atoms with Crippen LogP contribution >= 0.6 is 0 Å². The number of fused-ring (bicyclic) bond motifs is 2. The van der Waals surface area contributed by atoms with Crippen molar-refractivity contribution in [2.24, 2.45) is 0 Å². The fraction of sp³-hybridized carbons (Fsp3) is 0.700. The molecule has 1 aromatic rings. The molecule has 0 amide bonds. The second-order valence-electron chi connectivity index (χ2n) is 4.65. The molecule has 6 heteroatoms. The van der Waals surface area contributed by atoms with Crippen molar-refractivity contribution in [3.63, 3.8) is 0 Å². The van der Waals surface area contributed by atoms with Crippen LogP contribution < -0.4 is 5.32 Å². The van der Waals surface area contributed by atoms with Crippen molar-refractivity contribution in [2.45, 2.75) is 43.8 Å². The highest BCUT2D eigenvalue weighted by Crippen LogP contribution is 2.33. The maximum absolute atomic E-state index is 10.7. The van der Waals surface area contributed by atoms with Crippen LogP contribution in [0.3, 0.4) is 0 Å². The number of hydrogen-bond donors (Lipinski definition) is 2. The Kier molecular flexibility index (Phi) is 2.17. The Labute approximate surface area is 92.6 Å². The summed E-state index contributed by atoms with van der Waals surface area (Å²) in [6, 6.07) is 1.45. The molecular weight excluding hydrogens is 208 g/mol. The Morgan fingerprint density at radius 1 is 1.44 bits per heavy atom. The summed E-state index contributed by atoms with van der Waals surface area (Å²) in [7, 11) is 0. The first-order chi connectivity index (χ1) is 7.72. The summed E-state index contributed by atoms with van der Waals surface area (Å²) < 4.78 is 1.72. The van der Waals surface area contributed by atoms with Gasteiger partial charge in [0.2, 0.25) is 0 Å². The van der Waals surface area contributed by atoms with E-state index in [-0.39, 0.29) is 5.69 Å². The third-order valence-electron chi connectivity index (χ3n) is 3.55. The third-order valence-corrected chi connectivity index (χ3v) is 3.55. The van der Waals surface area contributed by atoms with E-state index >= 15 is 0 Å². The van der Waals surface area contributed by atoms with Gasteiger partial charge in [0, 0.05) is 12.1 Å². The van der Waals surface area contributed by atoms with Crippen molar-refractivity contribution in [3.05, 3.63) is 11.9 Å². The standard InChI is InChI=1S/C10H14N4O2/c15-10(16)9-5-14(13-12-9)8-3-6-1-2-7(4-8)11-6/h5-8,11H,1-4H2,(H,15,16). The number of nitrogens with zero attached hydrogens (tertiary/aromatic N) is 3. The normalized spacial score (nSPS) is 32.9. The molecule has 2 N–H and O–H groups in total. The van der Waals surface area contributed by atoms with Gasteiger partial charge in [-0.1, -0.05) is 5.21 Å². The zero-order valence-corrected chi connectivity index (χ0v) is 8.83. The van der Waals surface area contributed by atoms with Crippen LogP contribution in [0.4, 0.5) is 0 Å². The summed E-state index contributed by atoms with van der Waals surface area (Å²) >= 11 is 0. The maximum Gasteiger partial charge on any atom is 0.358 e. The number of carboxylic acids is 1. The Hall–Kier alpha value is -1.43. The largest absolute Gasteiger partial charge is 0.476 e. The highest BCUT2D eigenvalue weighted by atomic mass is 16.4. The van der Waals surface area contributed by atoms with E-state index in [2.05, 4.69) is 15.6 Å². The summed E-state index contributed by atoms with van der Waals surface area (Å²) in [5, 5.41) is 19.9. The van der Waals surface area contributed by atoms with Gasteiger partial charge < -0.3 is 10.4 Å². The van der Waals surface area contributed by atoms with Crippen LogP contribution in [0.15, 0.2) is 6.20 Å². The highest BCUT2D eigenvalue weighted by Gasteiger charge is 2.34. The molecular formula is C10H14N4O2. The topological polar surface area (TPSA) is 80.0 Å². The number of carbonyl (C=O) groups is 1. The van der Waals surface area contributed by atoms with Gasteiger partial charge in [-0.3, -0.25) is 0 Å². The summed E-state index contributed by atoms with van der Waals surface area (Å²) in [5.74, 6) is -1.01. The second-order valence-corrected chi connectivity index (χ2v) is 4.65. The van der Waals surface area contributed by atoms with Crippen molar-refractivity contribution in [1.82, 2.24) is 20.3 Å². The van der Waals surface area contributed by atoms with Crippen LogP contribution in [0, 0.1) is 0 Å². The molecule has 3 rings (SSSR count). The molecule has 16 heavy (non-hydrogen) atoms. The van der Waals surface area contributed by atoms with Crippen molar-refractivity contribution < 1.29 is 9.90 Å². The molecule has 0 saturated carbocycles. The van der Waals surface area contributed by atoms with Crippen molar-refractivity contribution in [3.8, 4) is 0 Å². The van der Waals surface area contributed by atoms with E-state index in [1.54, 1.807) is 4.68 Å². The molecule has 2 saturated heterocycles. The number of aromatic nitrogens is 3. The van der Waals surface area contributed by atoms with E-state index in [1.165, 1.54) is 19.0 Å². The minimum atomic E-state index is -1.01. The van der Waals surface area contributed by atoms with E-state index in [4.69, 9.17) is 5.11 Å². The van der Waals surface area contributed by atoms with Crippen LogP contribution in [0.5, 0.6) is 0 Å². The predicted molar refractivity (Wildman–Crippen MR) is 55.2 cm³/mol. The molecule has 0 spiro atoms. The average molecular weight is 222 g/mol. The van der Waals surface area contributed by atoms with Crippen molar-refractivity contribution in [2.75, 3.05) is 0 Å². The van der Waals surface area contributed by atoms with Gasteiger partial charge in [-0.05, 0) is 25.7 Å². The average Bonchev–Trinajstić information content (AvgIpc) is 2.85. The summed E-state index contributed by atoms with van der Waals surface area (Å²) in [4.78, 5) is 10.7. The van der Waals surface area contributed by atoms with Gasteiger partial charge in [0.25, 0.3) is 0 Å². The molecule has 3 heterocycles. The maximum atomic E-state index is 10.7. The number of aromatic carboxylic acids is 1. The van der Waals surface area contributed by atoms with Gasteiger partial charge in [0.05, 0.1) is 12.2 Å². The van der Waals surface area contributed by atoms with Crippen molar-refractivity contribution in [1.29, 1.82) is 0 Å². The van der Waals surface area contributed by atoms with E-state index < -0.39 is 5.97 Å². The van der Waals surface area contributed by atoms with Crippen LogP contribution in [0.25, 0.3) is 0 Å². The van der Waals surface area contributed by atoms with E-state index in [9.17, 15) is 4.79 Å². The number of piperidine rings is 1. The van der Waals surface area contributed by atoms with Gasteiger partial charge in [0.1, 0.15) is 0 Å². The lowest BCUT2D eigenvalue weighted by Gasteiger charge is -2.28. The monoisotopic (exact) mass is 222 g/mol. The molecule has 0 aromatic carbocycles. The molecule has 2 unspecified atom stereocenters. The number of rotatable bonds is 2. The minimum Gasteiger partial charge on any atom is -0.476 e. The van der Waals surface area contributed by atoms with Crippen molar-refractivity contribution >= 4 is 5.97 Å². The quantitative estimate of drug-likeness (QED) is 0.758. The lowest BCUT2D eigenvalue weighted by atomic mass is 10.0. The van der Waals surface area contributed by atoms with Crippen LogP contribution in [-0.4, -0.2) is 38.2 Å². The first-order valence-corrected chi connectivity index (χ1v) is 5.63. The van der Waals surface area contributed by atoms with Gasteiger partial charge >= 0.3 is 5.97 Å². The van der Waals surface area contributed by atoms with Crippen LogP contribution in [0.2, 0.25) is 0 Å². The van der Waals surface area contributed by atoms with E-state index in [1.807, 2.05) is 0 Å². The molecule has 1 aromatic heterocycles. The van der Waals surface area contributed by atoms with Gasteiger partial charge in [-0.15, -0.1) is 5.10 Å².